The van der Waals surface area contributed by atoms with Crippen LogP contribution in [0.5, 0.6) is 5.75 Å². The second-order valence-corrected chi connectivity index (χ2v) is 7.93. The van der Waals surface area contributed by atoms with Crippen LogP contribution in [0.2, 0.25) is 0 Å². The summed E-state index contributed by atoms with van der Waals surface area (Å²) in [5.41, 5.74) is 6.55. The fourth-order valence-electron chi connectivity index (χ4n) is 3.45. The molecule has 0 unspecified atom stereocenters. The van der Waals surface area contributed by atoms with Crippen LogP contribution >= 0.6 is 11.3 Å². The zero-order chi connectivity index (χ0) is 20.7. The highest BCUT2D eigenvalue weighted by Crippen LogP contribution is 2.37. The summed E-state index contributed by atoms with van der Waals surface area (Å²) >= 11 is 1.18. The summed E-state index contributed by atoms with van der Waals surface area (Å²) in [6.07, 6.45) is -0.323. The maximum atomic E-state index is 13.8. The number of nitrogens with zero attached hydrogens (tertiary/aromatic N) is 2. The number of benzene rings is 1. The highest BCUT2D eigenvalue weighted by molar-refractivity contribution is 7.20. The maximum Gasteiger partial charge on any atom is 0.259 e. The first-order chi connectivity index (χ1) is 13.8. The molecule has 1 saturated carbocycles. The molecule has 1 aromatic carbocycles. The van der Waals surface area contributed by atoms with Crippen LogP contribution < -0.4 is 15.8 Å². The number of carbonyl (C=O) groups excluding carboxylic acids is 1. The molecule has 8 nitrogen and oxygen atoms in total. The lowest BCUT2D eigenvalue weighted by atomic mass is 10.2. The molecule has 4 rings (SSSR count). The molecule has 5 N–H and O–H groups in total. The van der Waals surface area contributed by atoms with Crippen LogP contribution in [0.4, 0.5) is 15.9 Å². The van der Waals surface area contributed by atoms with Crippen molar-refractivity contribution in [3.05, 3.63) is 40.8 Å². The molecule has 0 bridgehead atoms. The number of hydrogen-bond acceptors (Lipinski definition) is 8. The molecule has 1 fully saturated rings. The number of aromatic nitrogens is 2. The Bertz CT molecular complexity index is 1080. The van der Waals surface area contributed by atoms with E-state index in [1.807, 2.05) is 0 Å². The van der Waals surface area contributed by atoms with Crippen molar-refractivity contribution < 1.29 is 24.1 Å². The number of anilines is 2. The number of carbonyl (C=O) groups is 1. The lowest BCUT2D eigenvalue weighted by Gasteiger charge is -2.17. The van der Waals surface area contributed by atoms with Crippen molar-refractivity contribution in [3.8, 4) is 5.75 Å². The lowest BCUT2D eigenvalue weighted by Crippen LogP contribution is -2.17. The predicted octanol–water partition coefficient (Wildman–Crippen LogP) is 2.24. The highest BCUT2D eigenvalue weighted by Gasteiger charge is 2.33. The number of rotatable bonds is 5. The molecule has 0 spiro atoms. The molecule has 1 amide bonds. The molecule has 2 heterocycles. The molecule has 29 heavy (non-hydrogen) atoms. The summed E-state index contributed by atoms with van der Waals surface area (Å²) in [4.78, 5) is 21.1. The second kappa shape index (κ2) is 7.54. The minimum atomic E-state index is -0.868. The number of amides is 1. The molecule has 3 aromatic rings. The van der Waals surface area contributed by atoms with E-state index in [2.05, 4.69) is 15.3 Å². The fraction of sp³-hybridized carbons (Fsp3) is 0.316. The zero-order valence-electron chi connectivity index (χ0n) is 15.4. The molecule has 1 aliphatic rings. The summed E-state index contributed by atoms with van der Waals surface area (Å²) in [5, 5.41) is 23.2. The molecule has 10 heteroatoms. The number of halogens is 1. The van der Waals surface area contributed by atoms with Gasteiger partial charge in [-0.25, -0.2) is 14.4 Å². The van der Waals surface area contributed by atoms with Crippen molar-refractivity contribution in [2.24, 2.45) is 5.73 Å². The monoisotopic (exact) mass is 418 g/mol. The summed E-state index contributed by atoms with van der Waals surface area (Å²) < 4.78 is 19.7. The van der Waals surface area contributed by atoms with Crippen molar-refractivity contribution in [1.82, 2.24) is 9.97 Å². The minimum Gasteiger partial charge on any atom is -0.488 e. The summed E-state index contributed by atoms with van der Waals surface area (Å²) in [5.74, 6) is -0.369. The molecule has 2 aromatic heterocycles. The normalized spacial score (nSPS) is 21.4. The van der Waals surface area contributed by atoms with Crippen LogP contribution in [0.1, 0.15) is 28.1 Å². The van der Waals surface area contributed by atoms with Gasteiger partial charge in [-0.1, -0.05) is 0 Å². The first-order valence-electron chi connectivity index (χ1n) is 8.96. The van der Waals surface area contributed by atoms with E-state index in [0.717, 1.165) is 0 Å². The Morgan fingerprint density at radius 2 is 2.03 bits per heavy atom. The van der Waals surface area contributed by atoms with E-state index in [9.17, 15) is 19.4 Å². The van der Waals surface area contributed by atoms with Gasteiger partial charge in [0, 0.05) is 18.9 Å². The Morgan fingerprint density at radius 1 is 1.31 bits per heavy atom. The number of nitrogens with one attached hydrogen (secondary N) is 1. The molecule has 0 saturated heterocycles. The van der Waals surface area contributed by atoms with Crippen molar-refractivity contribution in [2.45, 2.75) is 38.1 Å². The third-order valence-electron chi connectivity index (χ3n) is 4.89. The average Bonchev–Trinajstić information content (AvgIpc) is 3.17. The van der Waals surface area contributed by atoms with Gasteiger partial charge < -0.3 is 26.0 Å². The van der Waals surface area contributed by atoms with E-state index < -0.39 is 30.0 Å². The van der Waals surface area contributed by atoms with Crippen LogP contribution in [0, 0.1) is 12.7 Å². The van der Waals surface area contributed by atoms with Crippen LogP contribution in [0.25, 0.3) is 10.2 Å². The van der Waals surface area contributed by atoms with E-state index in [-0.39, 0.29) is 18.6 Å². The molecule has 0 radical (unpaired) electrons. The average molecular weight is 418 g/mol. The molecular weight excluding hydrogens is 399 g/mol. The number of ether oxygens (including phenoxy) is 1. The number of hydrogen-bond donors (Lipinski definition) is 4. The van der Waals surface area contributed by atoms with Gasteiger partial charge in [0.25, 0.3) is 5.91 Å². The third-order valence-corrected chi connectivity index (χ3v) is 6.11. The van der Waals surface area contributed by atoms with Gasteiger partial charge in [0.15, 0.2) is 0 Å². The van der Waals surface area contributed by atoms with Gasteiger partial charge in [0.2, 0.25) is 0 Å². The quantitative estimate of drug-likeness (QED) is 0.500. The number of nitrogens with two attached hydrogens (primary N) is 1. The first kappa shape index (κ1) is 19.5. The van der Waals surface area contributed by atoms with Gasteiger partial charge in [-0.05, 0) is 24.6 Å². The van der Waals surface area contributed by atoms with Gasteiger partial charge in [-0.3, -0.25) is 4.79 Å². The third kappa shape index (κ3) is 3.74. The van der Waals surface area contributed by atoms with E-state index >= 15 is 0 Å². The number of aryl methyl sites for hydroxylation is 1. The van der Waals surface area contributed by atoms with Crippen LogP contribution in [-0.2, 0) is 0 Å². The molecular formula is C19H19FN4O4S. The second-order valence-electron chi connectivity index (χ2n) is 6.93. The Morgan fingerprint density at radius 3 is 2.72 bits per heavy atom. The minimum absolute atomic E-state index is 0.228. The summed E-state index contributed by atoms with van der Waals surface area (Å²) in [6, 6.07) is 4.02. The molecule has 1 aliphatic carbocycles. The SMILES string of the molecule is Cc1c(C(N)=O)sc2ncnc(Nc3ccc(F)cc3O[C@H]3C[C@@H](O)[C@@H](O)C3)c12. The van der Waals surface area contributed by atoms with Crippen molar-refractivity contribution >= 4 is 39.0 Å². The number of fused-ring (bicyclic) bond motifs is 1. The van der Waals surface area contributed by atoms with Crippen LogP contribution in [-0.4, -0.2) is 44.4 Å². The largest absolute Gasteiger partial charge is 0.488 e. The topological polar surface area (TPSA) is 131 Å². The first-order valence-corrected chi connectivity index (χ1v) is 9.78. The Kier molecular flexibility index (Phi) is 5.07. The molecule has 152 valence electrons. The Labute approximate surface area is 169 Å². The smallest absolute Gasteiger partial charge is 0.259 e. The van der Waals surface area contributed by atoms with Crippen LogP contribution in [0.3, 0.4) is 0 Å². The number of aliphatic hydroxyl groups excluding tert-OH is 2. The van der Waals surface area contributed by atoms with Gasteiger partial charge in [-0.15, -0.1) is 11.3 Å². The van der Waals surface area contributed by atoms with Gasteiger partial charge >= 0.3 is 0 Å². The Balaban J connectivity index is 1.69. The zero-order valence-corrected chi connectivity index (χ0v) is 16.2. The molecule has 3 atom stereocenters. The van der Waals surface area contributed by atoms with Gasteiger partial charge in [0.1, 0.15) is 34.6 Å². The standard InChI is InChI=1S/C19H19FN4O4S/c1-8-15-18(22-7-23-19(15)29-16(8)17(21)27)24-11-3-2-9(20)4-14(11)28-10-5-12(25)13(26)6-10/h2-4,7,10,12-13,25-26H,5-6H2,1H3,(H2,21,27)(H,22,23,24)/t10-,12+,13-. The fourth-order valence-corrected chi connectivity index (χ4v) is 4.45. The van der Waals surface area contributed by atoms with E-state index in [4.69, 9.17) is 10.5 Å². The molecule has 0 aliphatic heterocycles. The Hall–Kier alpha value is -2.82. The lowest BCUT2D eigenvalue weighted by molar-refractivity contribution is 0.0438. The van der Waals surface area contributed by atoms with Crippen molar-refractivity contribution in [2.75, 3.05) is 5.32 Å². The van der Waals surface area contributed by atoms with E-state index in [0.29, 0.717) is 32.2 Å². The summed E-state index contributed by atoms with van der Waals surface area (Å²) in [6.45, 7) is 1.76. The van der Waals surface area contributed by atoms with E-state index in [1.54, 1.807) is 6.92 Å². The highest BCUT2D eigenvalue weighted by atomic mass is 32.1. The summed E-state index contributed by atoms with van der Waals surface area (Å²) in [7, 11) is 0. The number of aliphatic hydroxyl groups is 2. The van der Waals surface area contributed by atoms with Crippen molar-refractivity contribution in [3.63, 3.8) is 0 Å². The maximum absolute atomic E-state index is 13.8. The van der Waals surface area contributed by atoms with Gasteiger partial charge in [0.05, 0.1) is 28.2 Å². The van der Waals surface area contributed by atoms with E-state index in [1.165, 1.54) is 35.9 Å². The van der Waals surface area contributed by atoms with Crippen molar-refractivity contribution in [1.29, 1.82) is 0 Å². The van der Waals surface area contributed by atoms with Crippen LogP contribution in [0.15, 0.2) is 24.5 Å². The number of primary amides is 1. The van der Waals surface area contributed by atoms with Gasteiger partial charge in [-0.2, -0.15) is 0 Å². The number of thiophene rings is 1. The predicted molar refractivity (Wildman–Crippen MR) is 106 cm³/mol.